The van der Waals surface area contributed by atoms with Crippen LogP contribution in [0.25, 0.3) is 0 Å². The highest BCUT2D eigenvalue weighted by molar-refractivity contribution is 7.08. The van der Waals surface area contributed by atoms with E-state index in [9.17, 15) is 9.59 Å². The maximum atomic E-state index is 12.2. The number of nitrogens with zero attached hydrogens (tertiary/aromatic N) is 1. The maximum Gasteiger partial charge on any atom is 0.308 e. The highest BCUT2D eigenvalue weighted by Crippen LogP contribution is 2.43. The molecule has 0 unspecified atom stereocenters. The summed E-state index contributed by atoms with van der Waals surface area (Å²) in [4.78, 5) is 25.3. The van der Waals surface area contributed by atoms with Crippen molar-refractivity contribution in [3.63, 3.8) is 0 Å². The van der Waals surface area contributed by atoms with Crippen LogP contribution in [0.5, 0.6) is 11.5 Å². The van der Waals surface area contributed by atoms with E-state index in [1.54, 1.807) is 23.5 Å². The Morgan fingerprint density at radius 3 is 2.71 bits per heavy atom. The maximum absolute atomic E-state index is 12.2. The lowest BCUT2D eigenvalue weighted by atomic mass is 9.91. The third-order valence-electron chi connectivity index (χ3n) is 4.26. The van der Waals surface area contributed by atoms with Crippen molar-refractivity contribution in [1.29, 1.82) is 0 Å². The van der Waals surface area contributed by atoms with E-state index in [4.69, 9.17) is 9.47 Å². The molecule has 1 fully saturated rings. The van der Waals surface area contributed by atoms with Gasteiger partial charge in [0.25, 0.3) is 0 Å². The Kier molecular flexibility index (Phi) is 4.57. The second-order valence-electron chi connectivity index (χ2n) is 5.76. The lowest BCUT2D eigenvalue weighted by Crippen LogP contribution is -2.47. The van der Waals surface area contributed by atoms with Crippen LogP contribution in [0.1, 0.15) is 43.5 Å². The summed E-state index contributed by atoms with van der Waals surface area (Å²) in [7, 11) is 1.52. The summed E-state index contributed by atoms with van der Waals surface area (Å²) in [6.45, 7) is 3.33. The van der Waals surface area contributed by atoms with Crippen molar-refractivity contribution in [1.82, 2.24) is 4.90 Å². The number of ether oxygens (including phenoxy) is 2. The third kappa shape index (κ3) is 3.01. The van der Waals surface area contributed by atoms with Gasteiger partial charge in [-0.15, -0.1) is 0 Å². The van der Waals surface area contributed by atoms with E-state index in [1.807, 2.05) is 23.3 Å². The van der Waals surface area contributed by atoms with Crippen LogP contribution in [0.15, 0.2) is 35.0 Å². The van der Waals surface area contributed by atoms with E-state index >= 15 is 0 Å². The van der Waals surface area contributed by atoms with Gasteiger partial charge in [0.15, 0.2) is 11.5 Å². The molecule has 0 radical (unpaired) electrons. The standard InChI is InChI=1S/C18H19NO4S/c1-11(19-15(9-18(19)21)14-6-7-24-10-14)13-4-5-16(22-3)17(8-13)23-12(2)20/h4-8,10-11,15H,9H2,1-3H3/t11-,15-/m0/s1. The first-order valence-electron chi connectivity index (χ1n) is 7.71. The van der Waals surface area contributed by atoms with Crippen LogP contribution >= 0.6 is 11.3 Å². The van der Waals surface area contributed by atoms with E-state index in [1.165, 1.54) is 19.6 Å². The van der Waals surface area contributed by atoms with E-state index in [0.717, 1.165) is 5.56 Å². The molecule has 2 aromatic rings. The molecule has 6 heteroatoms. The van der Waals surface area contributed by atoms with Crippen molar-refractivity contribution >= 4 is 23.2 Å². The number of rotatable bonds is 5. The van der Waals surface area contributed by atoms with Crippen LogP contribution in [0, 0.1) is 0 Å². The van der Waals surface area contributed by atoms with Gasteiger partial charge in [0.05, 0.1) is 25.6 Å². The van der Waals surface area contributed by atoms with Gasteiger partial charge in [-0.25, -0.2) is 0 Å². The molecule has 126 valence electrons. The highest BCUT2D eigenvalue weighted by atomic mass is 32.1. The number of benzene rings is 1. The Hall–Kier alpha value is -2.34. The number of amides is 1. The summed E-state index contributed by atoms with van der Waals surface area (Å²) in [6.07, 6.45) is 0.536. The summed E-state index contributed by atoms with van der Waals surface area (Å²) >= 11 is 1.63. The number of β-lactam (4-membered cyclic amide) rings is 1. The molecular weight excluding hydrogens is 326 g/mol. The second-order valence-corrected chi connectivity index (χ2v) is 6.54. The normalized spacial score (nSPS) is 18.0. The number of thiophene rings is 1. The van der Waals surface area contributed by atoms with Crippen LogP contribution in [0.4, 0.5) is 0 Å². The van der Waals surface area contributed by atoms with E-state index < -0.39 is 5.97 Å². The highest BCUT2D eigenvalue weighted by Gasteiger charge is 2.40. The second kappa shape index (κ2) is 6.65. The van der Waals surface area contributed by atoms with Crippen molar-refractivity contribution < 1.29 is 19.1 Å². The molecule has 0 saturated carbocycles. The van der Waals surface area contributed by atoms with Crippen molar-refractivity contribution in [2.45, 2.75) is 32.4 Å². The van der Waals surface area contributed by atoms with Crippen LogP contribution < -0.4 is 9.47 Å². The molecular formula is C18H19NO4S. The monoisotopic (exact) mass is 345 g/mol. The minimum atomic E-state index is -0.408. The summed E-state index contributed by atoms with van der Waals surface area (Å²) in [5, 5.41) is 4.10. The Morgan fingerprint density at radius 2 is 2.12 bits per heavy atom. The first-order chi connectivity index (χ1) is 11.5. The van der Waals surface area contributed by atoms with Gasteiger partial charge < -0.3 is 14.4 Å². The summed E-state index contributed by atoms with van der Waals surface area (Å²) in [5.74, 6) is 0.581. The molecule has 1 aliphatic heterocycles. The molecule has 3 rings (SSSR count). The first-order valence-corrected chi connectivity index (χ1v) is 8.65. The molecule has 24 heavy (non-hydrogen) atoms. The Labute approximate surface area is 144 Å². The number of carbonyl (C=O) groups excluding carboxylic acids is 2. The van der Waals surface area contributed by atoms with Crippen LogP contribution in [0.2, 0.25) is 0 Å². The molecule has 1 saturated heterocycles. The molecule has 2 atom stereocenters. The van der Waals surface area contributed by atoms with Crippen LogP contribution in [-0.2, 0) is 9.59 Å². The predicted octanol–water partition coefficient (Wildman–Crippen LogP) is 3.72. The molecule has 1 aromatic carbocycles. The summed E-state index contributed by atoms with van der Waals surface area (Å²) in [5.41, 5.74) is 2.07. The fraction of sp³-hybridized carbons (Fsp3) is 0.333. The largest absolute Gasteiger partial charge is 0.493 e. The number of methoxy groups -OCH3 is 1. The molecule has 0 aliphatic carbocycles. The summed E-state index contributed by atoms with van der Waals surface area (Å²) in [6, 6.07) is 7.47. The van der Waals surface area contributed by atoms with Crippen molar-refractivity contribution in [3.8, 4) is 11.5 Å². The minimum absolute atomic E-state index is 0.109. The van der Waals surface area contributed by atoms with Gasteiger partial charge in [-0.1, -0.05) is 6.07 Å². The lowest BCUT2D eigenvalue weighted by molar-refractivity contribution is -0.150. The van der Waals surface area contributed by atoms with Crippen molar-refractivity contribution in [2.75, 3.05) is 7.11 Å². The quantitative estimate of drug-likeness (QED) is 0.471. The van der Waals surface area contributed by atoms with Gasteiger partial charge in [0.1, 0.15) is 0 Å². The van der Waals surface area contributed by atoms with Gasteiger partial charge >= 0.3 is 5.97 Å². The molecule has 5 nitrogen and oxygen atoms in total. The zero-order chi connectivity index (χ0) is 17.3. The fourth-order valence-electron chi connectivity index (χ4n) is 3.01. The number of likely N-dealkylation sites (tertiary alicyclic amines) is 1. The van der Waals surface area contributed by atoms with Gasteiger partial charge in [-0.3, -0.25) is 9.59 Å². The molecule has 1 aromatic heterocycles. The van der Waals surface area contributed by atoms with Gasteiger partial charge in [-0.2, -0.15) is 11.3 Å². The van der Waals surface area contributed by atoms with E-state index in [-0.39, 0.29) is 18.0 Å². The minimum Gasteiger partial charge on any atom is -0.493 e. The number of carbonyl (C=O) groups is 2. The zero-order valence-corrected chi connectivity index (χ0v) is 14.6. The Balaban J connectivity index is 1.87. The molecule has 1 aliphatic rings. The predicted molar refractivity (Wildman–Crippen MR) is 91.2 cm³/mol. The molecule has 0 spiro atoms. The third-order valence-corrected chi connectivity index (χ3v) is 4.96. The van der Waals surface area contributed by atoms with Crippen molar-refractivity contribution in [3.05, 3.63) is 46.2 Å². The van der Waals surface area contributed by atoms with Crippen LogP contribution in [0.3, 0.4) is 0 Å². The average molecular weight is 345 g/mol. The Morgan fingerprint density at radius 1 is 1.33 bits per heavy atom. The molecule has 0 N–H and O–H groups in total. The van der Waals surface area contributed by atoms with Gasteiger partial charge in [-0.05, 0) is 47.0 Å². The Bertz CT molecular complexity index is 756. The van der Waals surface area contributed by atoms with Crippen molar-refractivity contribution in [2.24, 2.45) is 0 Å². The number of hydrogen-bond donors (Lipinski definition) is 0. The van der Waals surface area contributed by atoms with E-state index in [2.05, 4.69) is 11.4 Å². The lowest BCUT2D eigenvalue weighted by Gasteiger charge is -2.44. The average Bonchev–Trinajstić information content (AvgIpc) is 3.05. The summed E-state index contributed by atoms with van der Waals surface area (Å²) < 4.78 is 10.4. The van der Waals surface area contributed by atoms with Crippen LogP contribution in [-0.4, -0.2) is 23.9 Å². The topological polar surface area (TPSA) is 55.8 Å². The number of hydrogen-bond acceptors (Lipinski definition) is 5. The molecule has 2 heterocycles. The van der Waals surface area contributed by atoms with Gasteiger partial charge in [0, 0.05) is 6.92 Å². The smallest absolute Gasteiger partial charge is 0.308 e. The SMILES string of the molecule is COc1ccc([C@H](C)N2C(=O)C[C@H]2c2ccsc2)cc1OC(C)=O. The fourth-order valence-corrected chi connectivity index (χ4v) is 3.71. The molecule has 0 bridgehead atoms. The zero-order valence-electron chi connectivity index (χ0n) is 13.8. The first kappa shape index (κ1) is 16.5. The number of esters is 1. The van der Waals surface area contributed by atoms with E-state index in [0.29, 0.717) is 17.9 Å². The molecule has 1 amide bonds. The van der Waals surface area contributed by atoms with Gasteiger partial charge in [0.2, 0.25) is 5.91 Å².